The minimum Gasteiger partial charge on any atom is -0.456 e. The number of ether oxygens (including phenoxy) is 3. The first kappa shape index (κ1) is 28.4. The van der Waals surface area contributed by atoms with Gasteiger partial charge in [0.25, 0.3) is 0 Å². The van der Waals surface area contributed by atoms with Gasteiger partial charge in [-0.3, -0.25) is 18.7 Å². The number of carbonyl (C=O) groups excluding carboxylic acids is 2. The molecule has 1 fully saturated rings. The van der Waals surface area contributed by atoms with Crippen molar-refractivity contribution in [3.8, 4) is 11.5 Å². The lowest BCUT2D eigenvalue weighted by molar-refractivity contribution is -0.165. The summed E-state index contributed by atoms with van der Waals surface area (Å²) in [6.07, 6.45) is -1.61. The van der Waals surface area contributed by atoms with Crippen LogP contribution < -0.4 is 9.05 Å². The van der Waals surface area contributed by atoms with Crippen LogP contribution in [0.25, 0.3) is 11.2 Å². The molecular formula is C26H25N4O9PS. The highest BCUT2D eigenvalue weighted by molar-refractivity contribution is 7.71. The Morgan fingerprint density at radius 3 is 2.12 bits per heavy atom. The number of aromatic nitrogens is 4. The first-order valence-electron chi connectivity index (χ1n) is 12.4. The van der Waals surface area contributed by atoms with Gasteiger partial charge >= 0.3 is 19.8 Å². The van der Waals surface area contributed by atoms with Gasteiger partial charge in [0.1, 0.15) is 28.8 Å². The first-order valence-corrected chi connectivity index (χ1v) is 14.2. The Balaban J connectivity index is 1.46. The Kier molecular flexibility index (Phi) is 8.45. The number of nitrogens with zero attached hydrogens (tertiary/aromatic N) is 3. The standard InChI is InChI=1S/C26H25N4O9PS/c1-16(31)35-22-20(13-34-40(33,38-18-9-5-3-6-10-18)39-19-11-7-4-8-12-19)37-26(23(22)36-17(2)32)30-15-29-21-24(30)27-14-28-25(21)41/h3-12,14-15,20,22-23,26H,13H2,1-2H3,(H,27,28,41)/t20-,22-,23-,26-/m1/s1. The Morgan fingerprint density at radius 2 is 1.54 bits per heavy atom. The molecule has 3 heterocycles. The molecule has 0 aliphatic carbocycles. The molecule has 4 aromatic rings. The molecule has 0 spiro atoms. The Morgan fingerprint density at radius 1 is 0.951 bits per heavy atom. The summed E-state index contributed by atoms with van der Waals surface area (Å²) in [5.41, 5.74) is 0.814. The fraction of sp³-hybridized carbons (Fsp3) is 0.269. The zero-order valence-electron chi connectivity index (χ0n) is 21.8. The van der Waals surface area contributed by atoms with E-state index < -0.39 is 50.9 Å². The van der Waals surface area contributed by atoms with E-state index in [1.54, 1.807) is 60.7 Å². The number of hydrogen-bond donors (Lipinski definition) is 1. The van der Waals surface area contributed by atoms with Crippen LogP contribution in [0.5, 0.6) is 11.5 Å². The number of benzene rings is 2. The van der Waals surface area contributed by atoms with Crippen molar-refractivity contribution in [1.29, 1.82) is 0 Å². The van der Waals surface area contributed by atoms with Crippen LogP contribution in [0.15, 0.2) is 73.3 Å². The minimum absolute atomic E-state index is 0.236. The predicted molar refractivity (Wildman–Crippen MR) is 145 cm³/mol. The van der Waals surface area contributed by atoms with E-state index in [0.29, 0.717) is 11.2 Å². The van der Waals surface area contributed by atoms with Gasteiger partial charge in [0.15, 0.2) is 23.1 Å². The summed E-state index contributed by atoms with van der Waals surface area (Å²) < 4.78 is 50.0. The fourth-order valence-corrected chi connectivity index (χ4v) is 5.67. The maximum absolute atomic E-state index is 13.9. The molecule has 1 aliphatic rings. The molecule has 1 aliphatic heterocycles. The van der Waals surface area contributed by atoms with Crippen molar-refractivity contribution in [1.82, 2.24) is 19.5 Å². The molecule has 0 unspecified atom stereocenters. The van der Waals surface area contributed by atoms with Gasteiger partial charge in [-0.15, -0.1) is 0 Å². The molecule has 2 aromatic carbocycles. The lowest BCUT2D eigenvalue weighted by Gasteiger charge is -2.24. The third-order valence-electron chi connectivity index (χ3n) is 5.86. The topological polar surface area (TPSA) is 153 Å². The SMILES string of the molecule is CC(=O)O[C@@H]1[C@H](OC(C)=O)[C@@H](COP(=O)(Oc2ccccc2)Oc2ccccc2)O[C@H]1n1cnc2c(=S)nc[nH]c21. The van der Waals surface area contributed by atoms with E-state index in [2.05, 4.69) is 15.0 Å². The maximum Gasteiger partial charge on any atom is 0.587 e. The number of H-pyrrole nitrogens is 1. The molecule has 5 rings (SSSR count). The molecular weight excluding hydrogens is 575 g/mol. The molecule has 0 saturated carbocycles. The number of rotatable bonds is 10. The van der Waals surface area contributed by atoms with E-state index in [4.69, 9.17) is 40.0 Å². The average Bonchev–Trinajstić information content (AvgIpc) is 3.50. The van der Waals surface area contributed by atoms with E-state index in [1.165, 1.54) is 31.1 Å². The normalized spacial score (nSPS) is 20.4. The molecule has 0 amide bonds. The summed E-state index contributed by atoms with van der Waals surface area (Å²) in [5, 5.41) is 0. The van der Waals surface area contributed by atoms with Crippen molar-refractivity contribution in [3.63, 3.8) is 0 Å². The Hall–Kier alpha value is -4.10. The van der Waals surface area contributed by atoms with Crippen LogP contribution in [0.4, 0.5) is 0 Å². The summed E-state index contributed by atoms with van der Waals surface area (Å²) in [6.45, 7) is 1.98. The predicted octanol–water partition coefficient (Wildman–Crippen LogP) is 4.53. The Bertz CT molecular complexity index is 1590. The second kappa shape index (κ2) is 12.2. The van der Waals surface area contributed by atoms with Gasteiger partial charge in [-0.2, -0.15) is 0 Å². The maximum atomic E-state index is 13.9. The lowest BCUT2D eigenvalue weighted by atomic mass is 10.1. The summed E-state index contributed by atoms with van der Waals surface area (Å²) in [4.78, 5) is 35.5. The zero-order chi connectivity index (χ0) is 29.0. The molecule has 214 valence electrons. The zero-order valence-corrected chi connectivity index (χ0v) is 23.5. The van der Waals surface area contributed by atoms with Crippen LogP contribution in [0.3, 0.4) is 0 Å². The van der Waals surface area contributed by atoms with Crippen molar-refractivity contribution in [3.05, 3.63) is 78.0 Å². The number of carbonyl (C=O) groups is 2. The van der Waals surface area contributed by atoms with Gasteiger partial charge < -0.3 is 28.2 Å². The van der Waals surface area contributed by atoms with Crippen molar-refractivity contribution in [2.45, 2.75) is 38.4 Å². The van der Waals surface area contributed by atoms with Crippen molar-refractivity contribution in [2.24, 2.45) is 0 Å². The number of fused-ring (bicyclic) bond motifs is 1. The second-order valence-electron chi connectivity index (χ2n) is 8.82. The van der Waals surface area contributed by atoms with Crippen LogP contribution >= 0.6 is 20.0 Å². The number of aromatic amines is 1. The molecule has 1 saturated heterocycles. The van der Waals surface area contributed by atoms with E-state index in [-0.39, 0.29) is 16.1 Å². The average molecular weight is 601 g/mol. The van der Waals surface area contributed by atoms with Gasteiger partial charge in [-0.05, 0) is 24.3 Å². The number of phosphoric ester groups is 1. The molecule has 15 heteroatoms. The van der Waals surface area contributed by atoms with E-state index in [0.717, 1.165) is 0 Å². The first-order chi connectivity index (χ1) is 19.7. The third-order valence-corrected chi connectivity index (χ3v) is 7.49. The molecule has 0 bridgehead atoms. The molecule has 4 atom stereocenters. The van der Waals surface area contributed by atoms with Crippen molar-refractivity contribution >= 4 is 43.1 Å². The number of esters is 2. The fourth-order valence-electron chi connectivity index (χ4n) is 4.24. The highest BCUT2D eigenvalue weighted by Crippen LogP contribution is 2.50. The van der Waals surface area contributed by atoms with Crippen LogP contribution in [0.1, 0.15) is 20.1 Å². The van der Waals surface area contributed by atoms with E-state index in [1.807, 2.05) is 0 Å². The van der Waals surface area contributed by atoms with Crippen molar-refractivity contribution < 1.29 is 41.9 Å². The lowest BCUT2D eigenvalue weighted by Crippen LogP contribution is -2.40. The van der Waals surface area contributed by atoms with Gasteiger partial charge in [-0.25, -0.2) is 14.5 Å². The molecule has 1 N–H and O–H groups in total. The quantitative estimate of drug-likeness (QED) is 0.155. The number of phosphoric acid groups is 1. The third kappa shape index (κ3) is 6.63. The Labute approximate surface area is 238 Å². The van der Waals surface area contributed by atoms with Crippen LogP contribution in [0.2, 0.25) is 0 Å². The van der Waals surface area contributed by atoms with Gasteiger partial charge in [0.05, 0.1) is 19.3 Å². The van der Waals surface area contributed by atoms with Crippen LogP contribution in [-0.4, -0.2) is 56.4 Å². The van der Waals surface area contributed by atoms with Gasteiger partial charge in [0.2, 0.25) is 0 Å². The summed E-state index contributed by atoms with van der Waals surface area (Å²) in [5.74, 6) is -0.836. The number of imidazole rings is 1. The summed E-state index contributed by atoms with van der Waals surface area (Å²) in [6, 6.07) is 16.7. The molecule has 13 nitrogen and oxygen atoms in total. The molecule has 0 radical (unpaired) electrons. The second-order valence-corrected chi connectivity index (χ2v) is 10.7. The minimum atomic E-state index is -4.32. The van der Waals surface area contributed by atoms with E-state index in [9.17, 15) is 14.2 Å². The van der Waals surface area contributed by atoms with Gasteiger partial charge in [-0.1, -0.05) is 48.6 Å². The smallest absolute Gasteiger partial charge is 0.456 e. The van der Waals surface area contributed by atoms with Crippen LogP contribution in [0, 0.1) is 4.64 Å². The highest BCUT2D eigenvalue weighted by Gasteiger charge is 2.51. The number of nitrogens with one attached hydrogen (secondary N) is 1. The summed E-state index contributed by atoms with van der Waals surface area (Å²) >= 11 is 5.25. The molecule has 2 aromatic heterocycles. The highest BCUT2D eigenvalue weighted by atomic mass is 32.1. The van der Waals surface area contributed by atoms with E-state index >= 15 is 0 Å². The number of para-hydroxylation sites is 2. The van der Waals surface area contributed by atoms with Crippen LogP contribution in [-0.2, 0) is 32.9 Å². The summed E-state index contributed by atoms with van der Waals surface area (Å²) in [7, 11) is -4.32. The monoisotopic (exact) mass is 600 g/mol. The number of hydrogen-bond acceptors (Lipinski definition) is 12. The largest absolute Gasteiger partial charge is 0.587 e. The molecule has 41 heavy (non-hydrogen) atoms. The van der Waals surface area contributed by atoms with Crippen molar-refractivity contribution in [2.75, 3.05) is 6.61 Å². The van der Waals surface area contributed by atoms with Gasteiger partial charge in [0, 0.05) is 13.8 Å².